The Morgan fingerprint density at radius 2 is 1.67 bits per heavy atom. The SMILES string of the molecule is CC1(C)C(C(=CN)c2ccccc2)=Nc2cc(Br)ccc2C1(C)C. The first-order valence-electron chi connectivity index (χ1n) is 8.16. The zero-order chi connectivity index (χ0) is 17.5. The standard InChI is InChI=1S/C21H23BrN2/c1-20(2)17-11-10-15(22)12-18(17)24-19(21(20,3)4)16(13-23)14-8-6-5-7-9-14/h5-13H,23H2,1-4H3. The summed E-state index contributed by atoms with van der Waals surface area (Å²) in [5, 5.41) is 0. The van der Waals surface area contributed by atoms with E-state index in [9.17, 15) is 0 Å². The highest BCUT2D eigenvalue weighted by Gasteiger charge is 2.47. The lowest BCUT2D eigenvalue weighted by Crippen LogP contribution is -2.45. The van der Waals surface area contributed by atoms with Crippen molar-refractivity contribution in [2.45, 2.75) is 33.1 Å². The fourth-order valence-corrected chi connectivity index (χ4v) is 3.69. The molecule has 0 atom stereocenters. The molecule has 0 radical (unpaired) electrons. The van der Waals surface area contributed by atoms with Crippen molar-refractivity contribution in [2.24, 2.45) is 16.1 Å². The molecule has 124 valence electrons. The molecular formula is C21H23BrN2. The van der Waals surface area contributed by atoms with Gasteiger partial charge in [-0.25, -0.2) is 0 Å². The summed E-state index contributed by atoms with van der Waals surface area (Å²) in [6, 6.07) is 16.6. The highest BCUT2D eigenvalue weighted by atomic mass is 79.9. The van der Waals surface area contributed by atoms with Crippen LogP contribution in [0.4, 0.5) is 5.69 Å². The van der Waals surface area contributed by atoms with Crippen molar-refractivity contribution in [1.29, 1.82) is 0 Å². The van der Waals surface area contributed by atoms with Crippen LogP contribution in [0.3, 0.4) is 0 Å². The van der Waals surface area contributed by atoms with Crippen LogP contribution < -0.4 is 5.73 Å². The fourth-order valence-electron chi connectivity index (χ4n) is 3.35. The minimum Gasteiger partial charge on any atom is -0.404 e. The van der Waals surface area contributed by atoms with Gasteiger partial charge in [0.15, 0.2) is 0 Å². The van der Waals surface area contributed by atoms with E-state index in [0.29, 0.717) is 0 Å². The van der Waals surface area contributed by atoms with Gasteiger partial charge >= 0.3 is 0 Å². The van der Waals surface area contributed by atoms with E-state index in [0.717, 1.165) is 27.0 Å². The molecule has 24 heavy (non-hydrogen) atoms. The number of nitrogens with zero attached hydrogens (tertiary/aromatic N) is 1. The molecule has 2 nitrogen and oxygen atoms in total. The van der Waals surface area contributed by atoms with Gasteiger partial charge in [-0.3, -0.25) is 4.99 Å². The fraction of sp³-hybridized carbons (Fsp3) is 0.286. The Labute approximate surface area is 152 Å². The smallest absolute Gasteiger partial charge is 0.0682 e. The monoisotopic (exact) mass is 382 g/mol. The van der Waals surface area contributed by atoms with E-state index in [4.69, 9.17) is 10.7 Å². The normalized spacial score (nSPS) is 18.7. The van der Waals surface area contributed by atoms with Crippen LogP contribution in [0.15, 0.2) is 64.2 Å². The zero-order valence-electron chi connectivity index (χ0n) is 14.6. The van der Waals surface area contributed by atoms with Gasteiger partial charge in [-0.05, 0) is 23.3 Å². The van der Waals surface area contributed by atoms with Crippen LogP contribution in [0.2, 0.25) is 0 Å². The van der Waals surface area contributed by atoms with Crippen molar-refractivity contribution >= 4 is 32.9 Å². The van der Waals surface area contributed by atoms with Crippen LogP contribution in [-0.2, 0) is 5.41 Å². The summed E-state index contributed by atoms with van der Waals surface area (Å²) in [4.78, 5) is 5.04. The van der Waals surface area contributed by atoms with Crippen LogP contribution in [-0.4, -0.2) is 5.71 Å². The highest BCUT2D eigenvalue weighted by Crippen LogP contribution is 2.52. The molecule has 2 aromatic carbocycles. The largest absolute Gasteiger partial charge is 0.404 e. The third-order valence-electron chi connectivity index (χ3n) is 5.53. The van der Waals surface area contributed by atoms with Gasteiger partial charge in [-0.15, -0.1) is 0 Å². The van der Waals surface area contributed by atoms with Gasteiger partial charge in [0.1, 0.15) is 0 Å². The van der Waals surface area contributed by atoms with E-state index in [1.54, 1.807) is 6.20 Å². The molecule has 0 bridgehead atoms. The summed E-state index contributed by atoms with van der Waals surface area (Å²) >= 11 is 3.57. The van der Waals surface area contributed by atoms with E-state index >= 15 is 0 Å². The molecule has 1 aliphatic heterocycles. The molecule has 0 saturated carbocycles. The van der Waals surface area contributed by atoms with Gasteiger partial charge in [0.2, 0.25) is 0 Å². The third-order valence-corrected chi connectivity index (χ3v) is 6.02. The molecule has 3 heteroatoms. The Morgan fingerprint density at radius 1 is 1.00 bits per heavy atom. The van der Waals surface area contributed by atoms with E-state index in [-0.39, 0.29) is 10.8 Å². The second-order valence-electron chi connectivity index (χ2n) is 7.32. The van der Waals surface area contributed by atoms with Gasteiger partial charge in [0.25, 0.3) is 0 Å². The molecule has 1 aliphatic rings. The molecule has 2 aromatic rings. The van der Waals surface area contributed by atoms with Crippen molar-refractivity contribution in [3.05, 3.63) is 70.3 Å². The average molecular weight is 383 g/mol. The third kappa shape index (κ3) is 2.51. The second-order valence-corrected chi connectivity index (χ2v) is 8.23. The van der Waals surface area contributed by atoms with Crippen molar-refractivity contribution in [2.75, 3.05) is 0 Å². The average Bonchev–Trinajstić information content (AvgIpc) is 2.54. The minimum absolute atomic E-state index is 0.0663. The van der Waals surface area contributed by atoms with Crippen molar-refractivity contribution < 1.29 is 0 Å². The van der Waals surface area contributed by atoms with Crippen LogP contribution in [0.1, 0.15) is 38.8 Å². The molecule has 0 fully saturated rings. The first kappa shape index (κ1) is 17.0. The maximum absolute atomic E-state index is 6.04. The van der Waals surface area contributed by atoms with Gasteiger partial charge in [-0.2, -0.15) is 0 Å². The molecule has 0 aliphatic carbocycles. The number of hydrogen-bond donors (Lipinski definition) is 1. The molecule has 0 amide bonds. The van der Waals surface area contributed by atoms with E-state index < -0.39 is 0 Å². The van der Waals surface area contributed by atoms with Crippen molar-refractivity contribution in [1.82, 2.24) is 0 Å². The summed E-state index contributed by atoms with van der Waals surface area (Å²) in [6.45, 7) is 9.08. The molecule has 0 spiro atoms. The number of allylic oxidation sites excluding steroid dienone is 1. The van der Waals surface area contributed by atoms with E-state index in [2.05, 4.69) is 74.0 Å². The molecule has 1 heterocycles. The summed E-state index contributed by atoms with van der Waals surface area (Å²) in [7, 11) is 0. The number of halogens is 1. The lowest BCUT2D eigenvalue weighted by Gasteiger charge is -2.47. The molecule has 0 aromatic heterocycles. The Hall–Kier alpha value is -1.87. The van der Waals surface area contributed by atoms with Crippen LogP contribution in [0.5, 0.6) is 0 Å². The number of fused-ring (bicyclic) bond motifs is 1. The van der Waals surface area contributed by atoms with Crippen LogP contribution in [0, 0.1) is 5.41 Å². The number of nitrogens with two attached hydrogens (primary N) is 1. The molecule has 0 unspecified atom stereocenters. The predicted molar refractivity (Wildman–Crippen MR) is 107 cm³/mol. The maximum Gasteiger partial charge on any atom is 0.0682 e. The molecule has 2 N–H and O–H groups in total. The lowest BCUT2D eigenvalue weighted by molar-refractivity contribution is 0.292. The van der Waals surface area contributed by atoms with Crippen LogP contribution >= 0.6 is 15.9 Å². The van der Waals surface area contributed by atoms with E-state index in [1.165, 1.54) is 5.56 Å². The maximum atomic E-state index is 6.04. The Bertz CT molecular complexity index is 830. The zero-order valence-corrected chi connectivity index (χ0v) is 16.2. The molecule has 0 saturated heterocycles. The highest BCUT2D eigenvalue weighted by molar-refractivity contribution is 9.10. The second kappa shape index (κ2) is 5.89. The quantitative estimate of drug-likeness (QED) is 0.695. The first-order chi connectivity index (χ1) is 11.3. The Morgan fingerprint density at radius 3 is 2.29 bits per heavy atom. The van der Waals surface area contributed by atoms with Gasteiger partial charge in [0.05, 0.1) is 11.4 Å². The van der Waals surface area contributed by atoms with Crippen molar-refractivity contribution in [3.63, 3.8) is 0 Å². The number of hydrogen-bond acceptors (Lipinski definition) is 2. The predicted octanol–water partition coefficient (Wildman–Crippen LogP) is 5.84. The minimum atomic E-state index is -0.158. The number of aliphatic imine (C=N–C) groups is 1. The van der Waals surface area contributed by atoms with E-state index in [1.807, 2.05) is 18.2 Å². The summed E-state index contributed by atoms with van der Waals surface area (Å²) in [5.74, 6) is 0. The summed E-state index contributed by atoms with van der Waals surface area (Å²) < 4.78 is 1.04. The van der Waals surface area contributed by atoms with Crippen molar-refractivity contribution in [3.8, 4) is 0 Å². The first-order valence-corrected chi connectivity index (χ1v) is 8.95. The number of rotatable bonds is 2. The Balaban J connectivity index is 2.26. The van der Waals surface area contributed by atoms with Crippen LogP contribution in [0.25, 0.3) is 5.57 Å². The van der Waals surface area contributed by atoms with Gasteiger partial charge in [-0.1, -0.05) is 80.0 Å². The summed E-state index contributed by atoms with van der Waals surface area (Å²) in [5.41, 5.74) is 11.2. The molecular weight excluding hydrogens is 360 g/mol. The summed E-state index contributed by atoms with van der Waals surface area (Å²) in [6.07, 6.45) is 1.69. The van der Waals surface area contributed by atoms with Gasteiger partial charge < -0.3 is 5.73 Å². The Kier molecular flexibility index (Phi) is 4.16. The number of benzene rings is 2. The lowest BCUT2D eigenvalue weighted by atomic mass is 9.58. The van der Waals surface area contributed by atoms with Gasteiger partial charge in [0, 0.05) is 27.1 Å². The molecule has 3 rings (SSSR count). The topological polar surface area (TPSA) is 38.4 Å².